The van der Waals surface area contributed by atoms with Gasteiger partial charge in [0.25, 0.3) is 5.91 Å². The molecule has 1 unspecified atom stereocenters. The molecular weight excluding hydrogens is 349 g/mol. The molecule has 0 bridgehead atoms. The maximum Gasteiger partial charge on any atom is 0.254 e. The molecule has 0 aromatic heterocycles. The zero-order valence-corrected chi connectivity index (χ0v) is 11.8. The molecular formula is C12H14INO4. The van der Waals surface area contributed by atoms with Crippen LogP contribution in [-0.4, -0.2) is 53.4 Å². The number of aromatic hydroxyl groups is 1. The zero-order valence-electron chi connectivity index (χ0n) is 9.67. The molecule has 98 valence electrons. The molecule has 1 aliphatic heterocycles. The first-order valence-electron chi connectivity index (χ1n) is 5.62. The number of carbonyl (C=O) groups excluding carboxylic acids is 1. The molecule has 1 atom stereocenters. The van der Waals surface area contributed by atoms with E-state index in [1.54, 1.807) is 17.0 Å². The lowest BCUT2D eigenvalue weighted by Crippen LogP contribution is -2.46. The van der Waals surface area contributed by atoms with Crippen LogP contribution in [0.2, 0.25) is 0 Å². The summed E-state index contributed by atoms with van der Waals surface area (Å²) in [6.07, 6.45) is -0.319. The van der Waals surface area contributed by atoms with Gasteiger partial charge in [-0.25, -0.2) is 0 Å². The second-order valence-electron chi connectivity index (χ2n) is 4.09. The SMILES string of the molecule is O=C(c1ccc(I)c(O)c1)N1CCOC(CO)C1. The highest BCUT2D eigenvalue weighted by Gasteiger charge is 2.24. The van der Waals surface area contributed by atoms with Gasteiger partial charge >= 0.3 is 0 Å². The van der Waals surface area contributed by atoms with Crippen LogP contribution in [0.1, 0.15) is 10.4 Å². The van der Waals surface area contributed by atoms with Crippen LogP contribution in [0, 0.1) is 3.57 Å². The van der Waals surface area contributed by atoms with E-state index in [-0.39, 0.29) is 24.4 Å². The van der Waals surface area contributed by atoms with Gasteiger partial charge < -0.3 is 19.8 Å². The van der Waals surface area contributed by atoms with E-state index >= 15 is 0 Å². The van der Waals surface area contributed by atoms with Crippen molar-refractivity contribution in [1.82, 2.24) is 4.90 Å². The van der Waals surface area contributed by atoms with E-state index in [4.69, 9.17) is 9.84 Å². The Morgan fingerprint density at radius 2 is 2.33 bits per heavy atom. The van der Waals surface area contributed by atoms with Crippen molar-refractivity contribution in [2.24, 2.45) is 0 Å². The number of halogens is 1. The summed E-state index contributed by atoms with van der Waals surface area (Å²) in [4.78, 5) is 13.8. The predicted molar refractivity (Wildman–Crippen MR) is 73.6 cm³/mol. The lowest BCUT2D eigenvalue weighted by molar-refractivity contribution is -0.0447. The van der Waals surface area contributed by atoms with Crippen molar-refractivity contribution >= 4 is 28.5 Å². The fraction of sp³-hybridized carbons (Fsp3) is 0.417. The van der Waals surface area contributed by atoms with Gasteiger partial charge in [-0.05, 0) is 40.8 Å². The Kier molecular flexibility index (Phi) is 4.41. The Bertz CT molecular complexity index is 452. The van der Waals surface area contributed by atoms with Crippen LogP contribution < -0.4 is 0 Å². The normalized spacial score (nSPS) is 19.9. The van der Waals surface area contributed by atoms with Gasteiger partial charge in [0.2, 0.25) is 0 Å². The summed E-state index contributed by atoms with van der Waals surface area (Å²) in [7, 11) is 0. The van der Waals surface area contributed by atoms with Crippen LogP contribution in [0.25, 0.3) is 0 Å². The highest BCUT2D eigenvalue weighted by molar-refractivity contribution is 14.1. The van der Waals surface area contributed by atoms with Crippen molar-refractivity contribution in [2.75, 3.05) is 26.3 Å². The Hall–Kier alpha value is -0.860. The smallest absolute Gasteiger partial charge is 0.254 e. The van der Waals surface area contributed by atoms with Crippen molar-refractivity contribution in [1.29, 1.82) is 0 Å². The average Bonchev–Trinajstić information content (AvgIpc) is 2.41. The number of morpholine rings is 1. The molecule has 0 radical (unpaired) electrons. The Morgan fingerprint density at radius 3 is 3.00 bits per heavy atom. The first-order chi connectivity index (χ1) is 8.61. The number of aliphatic hydroxyl groups excluding tert-OH is 1. The predicted octanol–water partition coefficient (Wildman–Crippen LogP) is 0.830. The van der Waals surface area contributed by atoms with Gasteiger partial charge in [0, 0.05) is 18.7 Å². The fourth-order valence-electron chi connectivity index (χ4n) is 1.84. The van der Waals surface area contributed by atoms with Crippen LogP contribution in [0.15, 0.2) is 18.2 Å². The highest BCUT2D eigenvalue weighted by Crippen LogP contribution is 2.21. The lowest BCUT2D eigenvalue weighted by Gasteiger charge is -2.32. The van der Waals surface area contributed by atoms with Crippen molar-refractivity contribution in [3.8, 4) is 5.75 Å². The van der Waals surface area contributed by atoms with Gasteiger partial charge in [0.05, 0.1) is 22.9 Å². The maximum absolute atomic E-state index is 12.2. The van der Waals surface area contributed by atoms with Gasteiger partial charge in [-0.2, -0.15) is 0 Å². The Morgan fingerprint density at radius 1 is 1.56 bits per heavy atom. The number of nitrogens with zero attached hydrogens (tertiary/aromatic N) is 1. The zero-order chi connectivity index (χ0) is 13.1. The molecule has 1 aromatic carbocycles. The minimum absolute atomic E-state index is 0.0955. The number of ether oxygens (including phenoxy) is 1. The first-order valence-corrected chi connectivity index (χ1v) is 6.70. The topological polar surface area (TPSA) is 70.0 Å². The van der Waals surface area contributed by atoms with E-state index in [0.29, 0.717) is 28.8 Å². The van der Waals surface area contributed by atoms with Gasteiger partial charge in [-0.1, -0.05) is 0 Å². The molecule has 1 saturated heterocycles. The summed E-state index contributed by atoms with van der Waals surface area (Å²) in [5, 5.41) is 18.6. The van der Waals surface area contributed by atoms with E-state index in [1.807, 2.05) is 22.6 Å². The van der Waals surface area contributed by atoms with Crippen molar-refractivity contribution in [3.63, 3.8) is 0 Å². The van der Waals surface area contributed by atoms with Crippen LogP contribution >= 0.6 is 22.6 Å². The summed E-state index contributed by atoms with van der Waals surface area (Å²) >= 11 is 2.00. The minimum atomic E-state index is -0.319. The number of hydrogen-bond acceptors (Lipinski definition) is 4. The standard InChI is InChI=1S/C12H14INO4/c13-10-2-1-8(5-11(10)16)12(17)14-3-4-18-9(6-14)7-15/h1-2,5,9,15-16H,3-4,6-7H2. The molecule has 1 fully saturated rings. The van der Waals surface area contributed by atoms with E-state index < -0.39 is 0 Å². The first kappa shape index (κ1) is 13.6. The third-order valence-electron chi connectivity index (χ3n) is 2.82. The Labute approximate surface area is 119 Å². The van der Waals surface area contributed by atoms with Crippen LogP contribution in [0.5, 0.6) is 5.75 Å². The number of phenols is 1. The number of phenolic OH excluding ortho intramolecular Hbond substituents is 1. The summed E-state index contributed by atoms with van der Waals surface area (Å²) in [6.45, 7) is 1.21. The molecule has 0 saturated carbocycles. The van der Waals surface area contributed by atoms with Gasteiger partial charge in [-0.3, -0.25) is 4.79 Å². The summed E-state index contributed by atoms with van der Waals surface area (Å²) in [6, 6.07) is 4.86. The molecule has 18 heavy (non-hydrogen) atoms. The minimum Gasteiger partial charge on any atom is -0.507 e. The summed E-state index contributed by atoms with van der Waals surface area (Å²) in [5.74, 6) is -0.0446. The molecule has 1 aromatic rings. The quantitative estimate of drug-likeness (QED) is 0.764. The molecule has 0 aliphatic carbocycles. The molecule has 2 N–H and O–H groups in total. The number of aliphatic hydroxyl groups is 1. The van der Waals surface area contributed by atoms with Crippen molar-refractivity contribution in [2.45, 2.75) is 6.10 Å². The van der Waals surface area contributed by atoms with E-state index in [1.165, 1.54) is 6.07 Å². The summed E-state index contributed by atoms with van der Waals surface area (Å²) < 4.78 is 6.00. The number of benzene rings is 1. The molecule has 2 rings (SSSR count). The maximum atomic E-state index is 12.2. The number of amides is 1. The number of carbonyl (C=O) groups is 1. The third-order valence-corrected chi connectivity index (χ3v) is 3.73. The van der Waals surface area contributed by atoms with Gasteiger partial charge in [-0.15, -0.1) is 0 Å². The van der Waals surface area contributed by atoms with Gasteiger partial charge in [0.1, 0.15) is 5.75 Å². The molecule has 5 nitrogen and oxygen atoms in total. The monoisotopic (exact) mass is 363 g/mol. The third kappa shape index (κ3) is 2.93. The Balaban J connectivity index is 2.12. The lowest BCUT2D eigenvalue weighted by atomic mass is 10.1. The molecule has 1 amide bonds. The van der Waals surface area contributed by atoms with Crippen LogP contribution in [0.3, 0.4) is 0 Å². The van der Waals surface area contributed by atoms with Crippen molar-refractivity contribution in [3.05, 3.63) is 27.3 Å². The number of hydrogen-bond donors (Lipinski definition) is 2. The fourth-order valence-corrected chi connectivity index (χ4v) is 2.18. The van der Waals surface area contributed by atoms with Crippen LogP contribution in [-0.2, 0) is 4.74 Å². The van der Waals surface area contributed by atoms with Crippen LogP contribution in [0.4, 0.5) is 0 Å². The average molecular weight is 363 g/mol. The molecule has 1 heterocycles. The molecule has 6 heteroatoms. The number of rotatable bonds is 2. The second kappa shape index (κ2) is 5.85. The highest BCUT2D eigenvalue weighted by atomic mass is 127. The summed E-state index contributed by atoms with van der Waals surface area (Å²) in [5.41, 5.74) is 0.450. The van der Waals surface area contributed by atoms with Gasteiger partial charge in [0.15, 0.2) is 0 Å². The second-order valence-corrected chi connectivity index (χ2v) is 5.25. The van der Waals surface area contributed by atoms with E-state index in [2.05, 4.69) is 0 Å². The van der Waals surface area contributed by atoms with E-state index in [9.17, 15) is 9.90 Å². The van der Waals surface area contributed by atoms with E-state index in [0.717, 1.165) is 0 Å². The largest absolute Gasteiger partial charge is 0.507 e. The van der Waals surface area contributed by atoms with Crippen molar-refractivity contribution < 1.29 is 19.7 Å². The molecule has 1 aliphatic rings. The molecule has 0 spiro atoms.